The summed E-state index contributed by atoms with van der Waals surface area (Å²) in [6.45, 7) is 2.64. The van der Waals surface area contributed by atoms with Gasteiger partial charge in [0, 0.05) is 24.1 Å². The Morgan fingerprint density at radius 3 is 2.86 bits per heavy atom. The van der Waals surface area contributed by atoms with Gasteiger partial charge in [-0.1, -0.05) is 30.3 Å². The molecule has 1 saturated carbocycles. The van der Waals surface area contributed by atoms with Crippen LogP contribution in [0.2, 0.25) is 0 Å². The fourth-order valence-electron chi connectivity index (χ4n) is 4.05. The molecule has 2 aromatic carbocycles. The molecule has 1 amide bonds. The first-order valence-corrected chi connectivity index (χ1v) is 10.2. The Labute approximate surface area is 164 Å². The van der Waals surface area contributed by atoms with Crippen LogP contribution in [0.3, 0.4) is 0 Å². The number of carbonyl (C=O) groups excluding carboxylic acids is 1. The van der Waals surface area contributed by atoms with Gasteiger partial charge in [0.15, 0.2) is 5.89 Å². The highest BCUT2D eigenvalue weighted by molar-refractivity contribution is 5.98. The first kappa shape index (κ1) is 17.4. The number of amides is 1. The minimum absolute atomic E-state index is 0.00767. The number of oxazole rings is 1. The third-order valence-electron chi connectivity index (χ3n) is 5.73. The van der Waals surface area contributed by atoms with Crippen molar-refractivity contribution >= 4 is 16.7 Å². The van der Waals surface area contributed by atoms with Crippen molar-refractivity contribution in [1.82, 2.24) is 15.2 Å². The molecule has 3 aromatic rings. The molecule has 1 aliphatic carbocycles. The number of piperidine rings is 1. The molecule has 5 nitrogen and oxygen atoms in total. The molecule has 2 aliphatic rings. The zero-order valence-electron chi connectivity index (χ0n) is 15.9. The summed E-state index contributed by atoms with van der Waals surface area (Å²) in [4.78, 5) is 19.5. The zero-order valence-corrected chi connectivity index (χ0v) is 15.9. The number of fused-ring (bicyclic) bond motifs is 1. The molecule has 0 bridgehead atoms. The lowest BCUT2D eigenvalue weighted by Crippen LogP contribution is -2.47. The van der Waals surface area contributed by atoms with Gasteiger partial charge in [0.05, 0.1) is 12.7 Å². The molecule has 28 heavy (non-hydrogen) atoms. The summed E-state index contributed by atoms with van der Waals surface area (Å²) >= 11 is 0. The van der Waals surface area contributed by atoms with Crippen LogP contribution in [0.5, 0.6) is 0 Å². The Kier molecular flexibility index (Phi) is 4.61. The monoisotopic (exact) mass is 375 g/mol. The largest absolute Gasteiger partial charge is 0.444 e. The van der Waals surface area contributed by atoms with Gasteiger partial charge in [0.1, 0.15) is 5.76 Å². The lowest BCUT2D eigenvalue weighted by Gasteiger charge is -2.32. The van der Waals surface area contributed by atoms with E-state index in [0.717, 1.165) is 60.5 Å². The van der Waals surface area contributed by atoms with E-state index in [1.54, 1.807) is 0 Å². The van der Waals surface area contributed by atoms with E-state index in [0.29, 0.717) is 5.92 Å². The number of aromatic nitrogens is 1. The number of hydrogen-bond acceptors (Lipinski definition) is 4. The Bertz CT molecular complexity index is 992. The van der Waals surface area contributed by atoms with Crippen molar-refractivity contribution in [3.8, 4) is 0 Å². The molecule has 2 fully saturated rings. The summed E-state index contributed by atoms with van der Waals surface area (Å²) in [6.07, 6.45) is 6.36. The molecule has 144 valence electrons. The molecular formula is C23H25N3O2. The molecule has 5 heteroatoms. The van der Waals surface area contributed by atoms with E-state index in [4.69, 9.17) is 4.42 Å². The molecule has 5 rings (SSSR count). The van der Waals surface area contributed by atoms with E-state index in [2.05, 4.69) is 21.3 Å². The summed E-state index contributed by atoms with van der Waals surface area (Å²) in [5.74, 6) is 2.38. The maximum absolute atomic E-state index is 12.7. The quantitative estimate of drug-likeness (QED) is 0.729. The molecule has 1 aromatic heterocycles. The van der Waals surface area contributed by atoms with Gasteiger partial charge >= 0.3 is 0 Å². The lowest BCUT2D eigenvalue weighted by atomic mass is 10.0. The second-order valence-corrected chi connectivity index (χ2v) is 8.05. The topological polar surface area (TPSA) is 58.4 Å². The Hall–Kier alpha value is -2.66. The van der Waals surface area contributed by atoms with Gasteiger partial charge in [0.2, 0.25) is 0 Å². The van der Waals surface area contributed by atoms with E-state index < -0.39 is 0 Å². The second kappa shape index (κ2) is 7.40. The normalized spacial score (nSPS) is 20.4. The summed E-state index contributed by atoms with van der Waals surface area (Å²) in [7, 11) is 0. The summed E-state index contributed by atoms with van der Waals surface area (Å²) in [6, 6.07) is 14.2. The number of rotatable bonds is 5. The van der Waals surface area contributed by atoms with E-state index in [9.17, 15) is 4.79 Å². The van der Waals surface area contributed by atoms with Crippen LogP contribution < -0.4 is 5.32 Å². The van der Waals surface area contributed by atoms with Crippen molar-refractivity contribution in [3.05, 3.63) is 65.9 Å². The van der Waals surface area contributed by atoms with Crippen LogP contribution in [0, 0.1) is 0 Å². The number of nitrogens with zero attached hydrogens (tertiary/aromatic N) is 2. The Morgan fingerprint density at radius 2 is 2.00 bits per heavy atom. The fourth-order valence-corrected chi connectivity index (χ4v) is 4.05. The standard InChI is InChI=1S/C23H25N3O2/c27-22(19-10-7-16-4-1-2-5-18(16)12-19)25-20-6-3-11-26(14-20)15-21-13-24-23(28-21)17-8-9-17/h1-2,4-5,7,10,12-13,17,20H,3,6,8-9,11,14-15H2,(H,25,27). The number of carbonyl (C=O) groups is 1. The van der Waals surface area contributed by atoms with Crippen LogP contribution in [0.25, 0.3) is 10.8 Å². The molecule has 0 radical (unpaired) electrons. The molecular weight excluding hydrogens is 350 g/mol. The van der Waals surface area contributed by atoms with Crippen LogP contribution in [0.1, 0.15) is 53.6 Å². The summed E-state index contributed by atoms with van der Waals surface area (Å²) < 4.78 is 5.90. The minimum atomic E-state index is 0.00767. The molecule has 0 spiro atoms. The van der Waals surface area contributed by atoms with Gasteiger partial charge in [-0.15, -0.1) is 0 Å². The van der Waals surface area contributed by atoms with Crippen molar-refractivity contribution in [2.75, 3.05) is 13.1 Å². The summed E-state index contributed by atoms with van der Waals surface area (Å²) in [5, 5.41) is 5.47. The Morgan fingerprint density at radius 1 is 1.14 bits per heavy atom. The molecule has 1 atom stereocenters. The number of benzene rings is 2. The zero-order chi connectivity index (χ0) is 18.9. The van der Waals surface area contributed by atoms with Crippen molar-refractivity contribution in [2.45, 2.75) is 44.2 Å². The van der Waals surface area contributed by atoms with Crippen LogP contribution >= 0.6 is 0 Å². The highest BCUT2D eigenvalue weighted by Crippen LogP contribution is 2.39. The summed E-state index contributed by atoms with van der Waals surface area (Å²) in [5.41, 5.74) is 0.722. The van der Waals surface area contributed by atoms with Crippen LogP contribution in [0.4, 0.5) is 0 Å². The molecule has 1 N–H and O–H groups in total. The number of hydrogen-bond donors (Lipinski definition) is 1. The fraction of sp³-hybridized carbons (Fsp3) is 0.391. The smallest absolute Gasteiger partial charge is 0.251 e. The maximum Gasteiger partial charge on any atom is 0.251 e. The average Bonchev–Trinajstić information content (AvgIpc) is 3.47. The lowest BCUT2D eigenvalue weighted by molar-refractivity contribution is 0.0897. The van der Waals surface area contributed by atoms with Crippen molar-refractivity contribution in [3.63, 3.8) is 0 Å². The van der Waals surface area contributed by atoms with Gasteiger partial charge in [-0.25, -0.2) is 4.98 Å². The average molecular weight is 375 g/mol. The van der Waals surface area contributed by atoms with Crippen molar-refractivity contribution in [2.24, 2.45) is 0 Å². The molecule has 1 saturated heterocycles. The number of nitrogens with one attached hydrogen (secondary N) is 1. The molecule has 1 unspecified atom stereocenters. The predicted molar refractivity (Wildman–Crippen MR) is 108 cm³/mol. The first-order valence-electron chi connectivity index (χ1n) is 10.2. The second-order valence-electron chi connectivity index (χ2n) is 8.05. The van der Waals surface area contributed by atoms with Gasteiger partial charge in [0.25, 0.3) is 5.91 Å². The highest BCUT2D eigenvalue weighted by atomic mass is 16.4. The van der Waals surface area contributed by atoms with Crippen LogP contribution in [-0.4, -0.2) is 34.9 Å². The van der Waals surface area contributed by atoms with Crippen molar-refractivity contribution < 1.29 is 9.21 Å². The first-order chi connectivity index (χ1) is 13.7. The van der Waals surface area contributed by atoms with Crippen molar-refractivity contribution in [1.29, 1.82) is 0 Å². The maximum atomic E-state index is 12.7. The van der Waals surface area contributed by atoms with E-state index in [1.807, 2.05) is 42.6 Å². The third kappa shape index (κ3) is 3.80. The Balaban J connectivity index is 1.21. The van der Waals surface area contributed by atoms with Gasteiger partial charge < -0.3 is 9.73 Å². The number of likely N-dealkylation sites (tertiary alicyclic amines) is 1. The predicted octanol–water partition coefficient (Wildman–Crippen LogP) is 4.10. The highest BCUT2D eigenvalue weighted by Gasteiger charge is 2.29. The molecule has 2 heterocycles. The third-order valence-corrected chi connectivity index (χ3v) is 5.73. The minimum Gasteiger partial charge on any atom is -0.444 e. The molecule has 1 aliphatic heterocycles. The van der Waals surface area contributed by atoms with Gasteiger partial charge in [-0.3, -0.25) is 9.69 Å². The van der Waals surface area contributed by atoms with Crippen LogP contribution in [0.15, 0.2) is 53.1 Å². The van der Waals surface area contributed by atoms with Gasteiger partial charge in [-0.2, -0.15) is 0 Å². The van der Waals surface area contributed by atoms with E-state index in [1.165, 1.54) is 12.8 Å². The van der Waals surface area contributed by atoms with E-state index in [-0.39, 0.29) is 11.9 Å². The SMILES string of the molecule is O=C(NC1CCCN(Cc2cnc(C3CC3)o2)C1)c1ccc2ccccc2c1. The van der Waals surface area contributed by atoms with Crippen LogP contribution in [-0.2, 0) is 6.54 Å². The van der Waals surface area contributed by atoms with E-state index >= 15 is 0 Å². The van der Waals surface area contributed by atoms with Gasteiger partial charge in [-0.05, 0) is 55.1 Å².